The van der Waals surface area contributed by atoms with E-state index in [2.05, 4.69) is 20.8 Å². The van der Waals surface area contributed by atoms with E-state index in [9.17, 15) is 19.5 Å². The van der Waals surface area contributed by atoms with Gasteiger partial charge in [-0.3, -0.25) is 9.59 Å². The molecule has 0 aliphatic carbocycles. The standard InChI is InChI=1S/C34H47N5O9S/c1-21(2)30(29-16-22(3)38-48-29)33(42)39-18-26(40)17-28(39)32(41)37-27(24-6-8-25(9-7-24)31-23(4)36-20-49-31)19-46-13-12-44-10-11-45-14-15-47-34(43)35-5/h6-9,16,20-21,26-28,30,40H,10-15,17-19H2,1-5H3,(H,35,43)(H,37,41)/t26-,27?,28+,30?/m1/s1. The Kier molecular flexibility index (Phi) is 14.5. The molecule has 1 saturated heterocycles. The Morgan fingerprint density at radius 1 is 1.04 bits per heavy atom. The average molecular weight is 702 g/mol. The predicted octanol–water partition coefficient (Wildman–Crippen LogP) is 3.38. The Balaban J connectivity index is 1.38. The zero-order valence-corrected chi connectivity index (χ0v) is 29.5. The summed E-state index contributed by atoms with van der Waals surface area (Å²) >= 11 is 1.56. The number of aromatic nitrogens is 2. The van der Waals surface area contributed by atoms with Crippen molar-refractivity contribution in [2.75, 3.05) is 59.8 Å². The average Bonchev–Trinajstić information content (AvgIpc) is 3.82. The van der Waals surface area contributed by atoms with Crippen molar-refractivity contribution in [1.29, 1.82) is 0 Å². The molecule has 1 aromatic carbocycles. The molecule has 3 heterocycles. The summed E-state index contributed by atoms with van der Waals surface area (Å²) in [4.78, 5) is 45.7. The van der Waals surface area contributed by atoms with Gasteiger partial charge in [-0.1, -0.05) is 43.3 Å². The molecule has 1 fully saturated rings. The third-order valence-electron chi connectivity index (χ3n) is 8.08. The first-order chi connectivity index (χ1) is 23.6. The topological polar surface area (TPSA) is 175 Å². The molecule has 268 valence electrons. The maximum atomic E-state index is 13.9. The highest BCUT2D eigenvalue weighted by atomic mass is 32.1. The number of aryl methyl sites for hydroxylation is 2. The maximum Gasteiger partial charge on any atom is 0.406 e. The van der Waals surface area contributed by atoms with Crippen LogP contribution in [-0.4, -0.2) is 110 Å². The summed E-state index contributed by atoms with van der Waals surface area (Å²) in [6, 6.07) is 8.17. The van der Waals surface area contributed by atoms with E-state index in [4.69, 9.17) is 23.5 Å². The summed E-state index contributed by atoms with van der Waals surface area (Å²) in [6.07, 6.45) is -1.24. The van der Waals surface area contributed by atoms with Gasteiger partial charge < -0.3 is 44.1 Å². The monoisotopic (exact) mass is 701 g/mol. The molecule has 2 unspecified atom stereocenters. The van der Waals surface area contributed by atoms with E-state index in [1.54, 1.807) is 24.3 Å². The van der Waals surface area contributed by atoms with E-state index in [0.29, 0.717) is 31.3 Å². The molecule has 2 aromatic heterocycles. The van der Waals surface area contributed by atoms with E-state index in [1.165, 1.54) is 11.9 Å². The highest BCUT2D eigenvalue weighted by Gasteiger charge is 2.43. The molecule has 14 nitrogen and oxygen atoms in total. The van der Waals surface area contributed by atoms with Gasteiger partial charge in [-0.25, -0.2) is 9.78 Å². The highest BCUT2D eigenvalue weighted by Crippen LogP contribution is 2.32. The van der Waals surface area contributed by atoms with Crippen LogP contribution in [0.1, 0.15) is 54.9 Å². The quantitative estimate of drug-likeness (QED) is 0.166. The number of likely N-dealkylation sites (tertiary alicyclic amines) is 1. The lowest BCUT2D eigenvalue weighted by atomic mass is 9.91. The number of carbonyl (C=O) groups is 3. The van der Waals surface area contributed by atoms with Crippen molar-refractivity contribution in [3.8, 4) is 10.4 Å². The van der Waals surface area contributed by atoms with Gasteiger partial charge in [-0.15, -0.1) is 11.3 Å². The third-order valence-corrected chi connectivity index (χ3v) is 9.06. The van der Waals surface area contributed by atoms with E-state index < -0.39 is 30.2 Å². The van der Waals surface area contributed by atoms with Crippen LogP contribution in [0.25, 0.3) is 10.4 Å². The zero-order valence-electron chi connectivity index (χ0n) is 28.7. The molecule has 3 amide bonds. The van der Waals surface area contributed by atoms with Crippen LogP contribution in [0.2, 0.25) is 0 Å². The second-order valence-electron chi connectivity index (χ2n) is 12.1. The molecular weight excluding hydrogens is 654 g/mol. The summed E-state index contributed by atoms with van der Waals surface area (Å²) in [5.74, 6) is -1.01. The number of aliphatic hydroxyl groups is 1. The van der Waals surface area contributed by atoms with Crippen molar-refractivity contribution in [2.45, 2.75) is 58.2 Å². The van der Waals surface area contributed by atoms with Crippen molar-refractivity contribution < 1.29 is 43.0 Å². The smallest absolute Gasteiger partial charge is 0.406 e. The Hall–Kier alpha value is -3.89. The van der Waals surface area contributed by atoms with Gasteiger partial charge in [-0.05, 0) is 30.9 Å². The summed E-state index contributed by atoms with van der Waals surface area (Å²) in [5.41, 5.74) is 5.25. The number of hydrogen-bond donors (Lipinski definition) is 3. The molecule has 3 aromatic rings. The largest absolute Gasteiger partial charge is 0.447 e. The molecule has 49 heavy (non-hydrogen) atoms. The highest BCUT2D eigenvalue weighted by molar-refractivity contribution is 7.13. The SMILES string of the molecule is CNC(=O)OCCOCCOCCOCC(NC(=O)[C@@H]1C[C@@H](O)CN1C(=O)C(c1cc(C)no1)C(C)C)c1ccc(-c2scnc2C)cc1. The van der Waals surface area contributed by atoms with Crippen molar-refractivity contribution in [3.63, 3.8) is 0 Å². The summed E-state index contributed by atoms with van der Waals surface area (Å²) in [5, 5.41) is 20.0. The Morgan fingerprint density at radius 3 is 2.31 bits per heavy atom. The third kappa shape index (κ3) is 10.8. The van der Waals surface area contributed by atoms with Crippen LogP contribution < -0.4 is 10.6 Å². The number of rotatable bonds is 18. The number of β-amino-alcohol motifs (C(OH)–C–C–N with tert-alkyl or cyclic N) is 1. The molecular formula is C34H47N5O9S. The number of nitrogens with one attached hydrogen (secondary N) is 2. The van der Waals surface area contributed by atoms with E-state index in [0.717, 1.165) is 21.7 Å². The number of nitrogens with zero attached hydrogens (tertiary/aromatic N) is 3. The fraction of sp³-hybridized carbons (Fsp3) is 0.559. The first-order valence-corrected chi connectivity index (χ1v) is 17.3. The van der Waals surface area contributed by atoms with Crippen LogP contribution in [0.5, 0.6) is 0 Å². The van der Waals surface area contributed by atoms with Crippen LogP contribution in [0.15, 0.2) is 40.4 Å². The number of alkyl carbamates (subject to hydrolysis) is 1. The van der Waals surface area contributed by atoms with Crippen LogP contribution in [-0.2, 0) is 28.5 Å². The van der Waals surface area contributed by atoms with E-state index >= 15 is 0 Å². The molecule has 15 heteroatoms. The van der Waals surface area contributed by atoms with Gasteiger partial charge in [0.2, 0.25) is 11.8 Å². The minimum atomic E-state index is -0.875. The summed E-state index contributed by atoms with van der Waals surface area (Å²) in [6.45, 7) is 9.40. The summed E-state index contributed by atoms with van der Waals surface area (Å²) in [7, 11) is 1.48. The number of benzene rings is 1. The number of ether oxygens (including phenoxy) is 4. The lowest BCUT2D eigenvalue weighted by Crippen LogP contribution is -2.49. The second kappa shape index (κ2) is 18.8. The Bertz CT molecular complexity index is 1490. The van der Waals surface area contributed by atoms with Gasteiger partial charge >= 0.3 is 6.09 Å². The van der Waals surface area contributed by atoms with Crippen LogP contribution in [0, 0.1) is 19.8 Å². The molecule has 0 radical (unpaired) electrons. The molecule has 1 aliphatic rings. The number of thiazole rings is 1. The molecule has 1 aliphatic heterocycles. The molecule has 0 spiro atoms. The maximum absolute atomic E-state index is 13.9. The fourth-order valence-corrected chi connectivity index (χ4v) is 6.40. The van der Waals surface area contributed by atoms with Crippen LogP contribution in [0.4, 0.5) is 4.79 Å². The molecule has 3 N–H and O–H groups in total. The van der Waals surface area contributed by atoms with Crippen LogP contribution in [0.3, 0.4) is 0 Å². The first kappa shape index (κ1) is 37.9. The van der Waals surface area contributed by atoms with Crippen LogP contribution >= 0.6 is 11.3 Å². The number of hydrogen-bond acceptors (Lipinski definition) is 12. The number of carbonyl (C=O) groups excluding carboxylic acids is 3. The zero-order chi connectivity index (χ0) is 35.3. The van der Waals surface area contributed by atoms with Crippen molar-refractivity contribution >= 4 is 29.2 Å². The summed E-state index contributed by atoms with van der Waals surface area (Å²) < 4.78 is 27.2. The van der Waals surface area contributed by atoms with Gasteiger partial charge in [0.25, 0.3) is 0 Å². The molecule has 0 bridgehead atoms. The van der Waals surface area contributed by atoms with Crippen molar-refractivity contribution in [1.82, 2.24) is 25.7 Å². The normalized spacial score (nSPS) is 17.2. The number of amides is 3. The van der Waals surface area contributed by atoms with Gasteiger partial charge in [0, 0.05) is 26.1 Å². The Morgan fingerprint density at radius 2 is 1.71 bits per heavy atom. The molecule has 4 atom stereocenters. The second-order valence-corrected chi connectivity index (χ2v) is 13.0. The van der Waals surface area contributed by atoms with Gasteiger partial charge in [0.05, 0.1) is 73.6 Å². The molecule has 4 rings (SSSR count). The van der Waals surface area contributed by atoms with Crippen molar-refractivity contribution in [3.05, 3.63) is 58.6 Å². The Labute approximate surface area is 290 Å². The van der Waals surface area contributed by atoms with Gasteiger partial charge in [0.15, 0.2) is 0 Å². The van der Waals surface area contributed by atoms with Gasteiger partial charge in [-0.2, -0.15) is 0 Å². The van der Waals surface area contributed by atoms with E-state index in [-0.39, 0.29) is 57.1 Å². The minimum absolute atomic E-state index is 0.0411. The first-order valence-electron chi connectivity index (χ1n) is 16.4. The van der Waals surface area contributed by atoms with Gasteiger partial charge in [0.1, 0.15) is 24.3 Å². The van der Waals surface area contributed by atoms with Crippen molar-refractivity contribution in [2.24, 2.45) is 5.92 Å². The predicted molar refractivity (Wildman–Crippen MR) is 181 cm³/mol. The fourth-order valence-electron chi connectivity index (χ4n) is 5.59. The van der Waals surface area contributed by atoms with E-state index in [1.807, 2.05) is 50.5 Å². The minimum Gasteiger partial charge on any atom is -0.447 e. The molecule has 0 saturated carbocycles. The number of aliphatic hydroxyl groups excluding tert-OH is 1. The lowest BCUT2D eigenvalue weighted by molar-refractivity contribution is -0.141. The lowest BCUT2D eigenvalue weighted by Gasteiger charge is -2.30.